The van der Waals surface area contributed by atoms with Gasteiger partial charge in [-0.1, -0.05) is 75.0 Å². The number of ketones is 1. The van der Waals surface area contributed by atoms with E-state index in [1.165, 1.54) is 23.9 Å². The van der Waals surface area contributed by atoms with E-state index in [-0.39, 0.29) is 17.4 Å². The van der Waals surface area contributed by atoms with E-state index in [0.29, 0.717) is 27.4 Å². The van der Waals surface area contributed by atoms with Crippen LogP contribution in [-0.4, -0.2) is 16.5 Å². The molecule has 0 saturated heterocycles. The molecule has 146 valence electrons. The van der Waals surface area contributed by atoms with Crippen LogP contribution in [0.25, 0.3) is 22.4 Å². The molecule has 0 radical (unpaired) electrons. The van der Waals surface area contributed by atoms with Crippen molar-refractivity contribution < 1.29 is 9.18 Å². The first-order chi connectivity index (χ1) is 13.8. The Morgan fingerprint density at radius 3 is 2.38 bits per heavy atom. The van der Waals surface area contributed by atoms with Gasteiger partial charge in [0.1, 0.15) is 22.7 Å². The second-order valence-corrected chi connectivity index (χ2v) is 8.65. The molecule has 0 N–H and O–H groups in total. The van der Waals surface area contributed by atoms with E-state index in [1.54, 1.807) is 18.2 Å². The average Bonchev–Trinajstić information content (AvgIpc) is 2.71. The van der Waals surface area contributed by atoms with Crippen LogP contribution in [0.15, 0.2) is 65.7 Å². The molecule has 0 unspecified atom stereocenters. The van der Waals surface area contributed by atoms with Gasteiger partial charge in [-0.2, -0.15) is 5.26 Å². The van der Waals surface area contributed by atoms with Crippen LogP contribution in [0.2, 0.25) is 0 Å². The zero-order chi connectivity index (χ0) is 21.0. The van der Waals surface area contributed by atoms with Gasteiger partial charge in [0.2, 0.25) is 0 Å². The minimum atomic E-state index is -0.470. The van der Waals surface area contributed by atoms with Crippen molar-refractivity contribution in [3.05, 3.63) is 72.0 Å². The van der Waals surface area contributed by atoms with E-state index < -0.39 is 5.41 Å². The van der Waals surface area contributed by atoms with E-state index in [4.69, 9.17) is 0 Å². The molecule has 3 rings (SSSR count). The molecule has 0 aliphatic heterocycles. The summed E-state index contributed by atoms with van der Waals surface area (Å²) in [4.78, 5) is 17.1. The van der Waals surface area contributed by atoms with Crippen molar-refractivity contribution in [3.63, 3.8) is 0 Å². The second kappa shape index (κ2) is 8.59. The van der Waals surface area contributed by atoms with Crippen LogP contribution in [0.1, 0.15) is 26.3 Å². The maximum absolute atomic E-state index is 13.8. The summed E-state index contributed by atoms with van der Waals surface area (Å²) < 4.78 is 13.8. The Balaban J connectivity index is 2.14. The molecular formula is C24H21FN2OS. The van der Waals surface area contributed by atoms with Crippen LogP contribution in [0.5, 0.6) is 0 Å². The molecule has 0 amide bonds. The number of hydrogen-bond donors (Lipinski definition) is 0. The SMILES string of the molecule is CC(C)(C)C(=O)CSc1nc(-c2ccccc2)cc(-c2cccc(F)c2)c1C#N. The molecule has 0 spiro atoms. The molecule has 1 heterocycles. The van der Waals surface area contributed by atoms with Crippen molar-refractivity contribution in [1.29, 1.82) is 5.26 Å². The summed E-state index contributed by atoms with van der Waals surface area (Å²) in [5, 5.41) is 10.3. The molecule has 2 aromatic carbocycles. The number of Topliss-reactive ketones (excluding diaryl/α,β-unsaturated/α-hetero) is 1. The van der Waals surface area contributed by atoms with Crippen molar-refractivity contribution in [1.82, 2.24) is 4.98 Å². The highest BCUT2D eigenvalue weighted by molar-refractivity contribution is 8.00. The van der Waals surface area contributed by atoms with Gasteiger partial charge in [-0.05, 0) is 23.8 Å². The number of nitriles is 1. The smallest absolute Gasteiger partial charge is 0.148 e. The van der Waals surface area contributed by atoms with Gasteiger partial charge in [-0.3, -0.25) is 4.79 Å². The van der Waals surface area contributed by atoms with E-state index in [0.717, 1.165) is 5.56 Å². The summed E-state index contributed by atoms with van der Waals surface area (Å²) in [5.74, 6) is -0.0846. The van der Waals surface area contributed by atoms with Crippen LogP contribution >= 0.6 is 11.8 Å². The van der Waals surface area contributed by atoms with Crippen LogP contribution in [0, 0.1) is 22.6 Å². The highest BCUT2D eigenvalue weighted by atomic mass is 32.2. The lowest BCUT2D eigenvalue weighted by molar-refractivity contribution is -0.123. The van der Waals surface area contributed by atoms with Gasteiger partial charge in [-0.15, -0.1) is 0 Å². The maximum Gasteiger partial charge on any atom is 0.148 e. The van der Waals surface area contributed by atoms with Crippen molar-refractivity contribution >= 4 is 17.5 Å². The number of nitrogens with zero attached hydrogens (tertiary/aromatic N) is 2. The Morgan fingerprint density at radius 1 is 1.07 bits per heavy atom. The Hall–Kier alpha value is -2.97. The monoisotopic (exact) mass is 404 g/mol. The number of hydrogen-bond acceptors (Lipinski definition) is 4. The second-order valence-electron chi connectivity index (χ2n) is 7.69. The van der Waals surface area contributed by atoms with Gasteiger partial charge in [0, 0.05) is 16.5 Å². The fraction of sp³-hybridized carbons (Fsp3) is 0.208. The normalized spacial score (nSPS) is 11.1. The predicted molar refractivity (Wildman–Crippen MR) is 115 cm³/mol. The van der Waals surface area contributed by atoms with Gasteiger partial charge >= 0.3 is 0 Å². The van der Waals surface area contributed by atoms with Crippen LogP contribution in [0.3, 0.4) is 0 Å². The van der Waals surface area contributed by atoms with Crippen molar-refractivity contribution in [2.45, 2.75) is 25.8 Å². The third-order valence-corrected chi connectivity index (χ3v) is 5.46. The number of benzene rings is 2. The highest BCUT2D eigenvalue weighted by Crippen LogP contribution is 2.35. The minimum Gasteiger partial charge on any atom is -0.298 e. The van der Waals surface area contributed by atoms with E-state index in [9.17, 15) is 14.4 Å². The number of carbonyl (C=O) groups excluding carboxylic acids is 1. The predicted octanol–water partition coefficient (Wildman–Crippen LogP) is 6.13. The first kappa shape index (κ1) is 20.8. The first-order valence-corrected chi connectivity index (χ1v) is 10.2. The van der Waals surface area contributed by atoms with Gasteiger partial charge in [-0.25, -0.2) is 9.37 Å². The molecule has 5 heteroatoms. The quantitative estimate of drug-likeness (QED) is 0.480. The largest absolute Gasteiger partial charge is 0.298 e. The summed E-state index contributed by atoms with van der Waals surface area (Å²) in [6.45, 7) is 5.60. The molecule has 0 bridgehead atoms. The average molecular weight is 405 g/mol. The van der Waals surface area contributed by atoms with Crippen LogP contribution < -0.4 is 0 Å². The highest BCUT2D eigenvalue weighted by Gasteiger charge is 2.23. The number of rotatable bonds is 5. The van der Waals surface area contributed by atoms with Gasteiger partial charge in [0.05, 0.1) is 17.0 Å². The van der Waals surface area contributed by atoms with Crippen LogP contribution in [0.4, 0.5) is 4.39 Å². The molecule has 0 fully saturated rings. The number of thioether (sulfide) groups is 1. The first-order valence-electron chi connectivity index (χ1n) is 9.22. The van der Waals surface area contributed by atoms with E-state index >= 15 is 0 Å². The molecule has 0 aliphatic rings. The van der Waals surface area contributed by atoms with Gasteiger partial charge in [0.15, 0.2) is 0 Å². The number of carbonyl (C=O) groups is 1. The molecule has 0 aliphatic carbocycles. The molecule has 3 nitrogen and oxygen atoms in total. The molecule has 29 heavy (non-hydrogen) atoms. The topological polar surface area (TPSA) is 53.8 Å². The fourth-order valence-corrected chi connectivity index (χ4v) is 3.89. The van der Waals surface area contributed by atoms with Crippen molar-refractivity contribution in [2.24, 2.45) is 5.41 Å². The number of aromatic nitrogens is 1. The Labute approximate surface area is 174 Å². The van der Waals surface area contributed by atoms with Crippen molar-refractivity contribution in [2.75, 3.05) is 5.75 Å². The lowest BCUT2D eigenvalue weighted by Crippen LogP contribution is -2.22. The molecule has 0 saturated carbocycles. The Morgan fingerprint density at radius 2 is 1.76 bits per heavy atom. The summed E-state index contributed by atoms with van der Waals surface area (Å²) in [6.07, 6.45) is 0. The summed E-state index contributed by atoms with van der Waals surface area (Å²) in [5.41, 5.74) is 2.65. The lowest BCUT2D eigenvalue weighted by atomic mass is 9.92. The minimum absolute atomic E-state index is 0.0746. The number of pyridine rings is 1. The summed E-state index contributed by atoms with van der Waals surface area (Å²) >= 11 is 1.25. The fourth-order valence-electron chi connectivity index (χ4n) is 2.73. The van der Waals surface area contributed by atoms with E-state index in [1.807, 2.05) is 51.1 Å². The number of halogens is 1. The zero-order valence-corrected chi connectivity index (χ0v) is 17.4. The van der Waals surface area contributed by atoms with Gasteiger partial charge in [0.25, 0.3) is 0 Å². The lowest BCUT2D eigenvalue weighted by Gasteiger charge is -2.17. The van der Waals surface area contributed by atoms with E-state index in [2.05, 4.69) is 11.1 Å². The summed E-state index contributed by atoms with van der Waals surface area (Å²) in [7, 11) is 0. The maximum atomic E-state index is 13.8. The standard InChI is InChI=1S/C24H21FN2OS/c1-24(2,3)22(28)15-29-23-20(14-26)19(17-10-7-11-18(25)12-17)13-21(27-23)16-8-5-4-6-9-16/h4-13H,15H2,1-3H3. The Bertz CT molecular complexity index is 1080. The zero-order valence-electron chi connectivity index (χ0n) is 16.6. The van der Waals surface area contributed by atoms with Gasteiger partial charge < -0.3 is 0 Å². The third-order valence-electron chi connectivity index (χ3n) is 4.48. The third kappa shape index (κ3) is 4.90. The van der Waals surface area contributed by atoms with Crippen LogP contribution in [-0.2, 0) is 4.79 Å². The molecule has 3 aromatic rings. The van der Waals surface area contributed by atoms with Crippen molar-refractivity contribution in [3.8, 4) is 28.5 Å². The molecule has 1 aromatic heterocycles. The molecular weight excluding hydrogens is 383 g/mol. The molecule has 0 atom stereocenters. The summed E-state index contributed by atoms with van der Waals surface area (Å²) in [6, 6.07) is 19.8. The Kier molecular flexibility index (Phi) is 6.14.